The Morgan fingerprint density at radius 1 is 0.545 bits per heavy atom. The highest BCUT2D eigenvalue weighted by molar-refractivity contribution is 5.90. The molecule has 1 heterocycles. The maximum absolute atomic E-state index is 6.36. The van der Waals surface area contributed by atoms with E-state index in [-0.39, 0.29) is 0 Å². The maximum atomic E-state index is 6.36. The first-order chi connectivity index (χ1) is 16.3. The summed E-state index contributed by atoms with van der Waals surface area (Å²) in [6.45, 7) is 5.79. The smallest absolute Gasteiger partial charge is 0.127 e. The average molecular weight is 435 g/mol. The third-order valence-electron chi connectivity index (χ3n) is 6.48. The van der Waals surface area contributed by atoms with Crippen LogP contribution in [-0.2, 0) is 12.8 Å². The Balaban J connectivity index is 1.85. The first-order valence-corrected chi connectivity index (χ1v) is 12.0. The number of rotatable bonds is 4. The van der Waals surface area contributed by atoms with Crippen molar-refractivity contribution in [2.24, 2.45) is 0 Å². The van der Waals surface area contributed by atoms with E-state index < -0.39 is 0 Å². The van der Waals surface area contributed by atoms with Crippen LogP contribution in [-0.4, -0.2) is 13.2 Å². The van der Waals surface area contributed by atoms with Gasteiger partial charge >= 0.3 is 0 Å². The molecule has 166 valence electrons. The molecule has 0 aliphatic carbocycles. The van der Waals surface area contributed by atoms with Crippen molar-refractivity contribution in [3.8, 4) is 44.9 Å². The normalized spacial score (nSPS) is 12.9. The molecule has 5 rings (SSSR count). The van der Waals surface area contributed by atoms with Crippen LogP contribution in [0.2, 0.25) is 0 Å². The molecule has 0 saturated heterocycles. The molecule has 0 spiro atoms. The molecule has 0 atom stereocenters. The number of hydrogen-bond acceptors (Lipinski definition) is 2. The van der Waals surface area contributed by atoms with Gasteiger partial charge in [0, 0.05) is 17.5 Å². The van der Waals surface area contributed by atoms with E-state index in [9.17, 15) is 0 Å². The van der Waals surface area contributed by atoms with Gasteiger partial charge in [-0.1, -0.05) is 86.6 Å². The first-order valence-electron chi connectivity index (χ1n) is 12.0. The minimum atomic E-state index is 0.655. The van der Waals surface area contributed by atoms with Crippen molar-refractivity contribution in [2.45, 2.75) is 33.1 Å². The number of benzene rings is 4. The van der Waals surface area contributed by atoms with Gasteiger partial charge in [0.05, 0.1) is 13.2 Å². The summed E-state index contributed by atoms with van der Waals surface area (Å²) in [6, 6.07) is 30.1. The molecule has 0 N–H and O–H groups in total. The quantitative estimate of drug-likeness (QED) is 0.324. The fraction of sp³-hybridized carbons (Fsp3) is 0.226. The second kappa shape index (κ2) is 9.54. The van der Waals surface area contributed by atoms with Crippen LogP contribution in [0, 0.1) is 0 Å². The predicted octanol–water partition coefficient (Wildman–Crippen LogP) is 7.97. The van der Waals surface area contributed by atoms with Gasteiger partial charge in [-0.25, -0.2) is 0 Å². The zero-order valence-corrected chi connectivity index (χ0v) is 19.4. The molecule has 0 aromatic heterocycles. The summed E-state index contributed by atoms with van der Waals surface area (Å²) in [6.07, 6.45) is 2.69. The minimum absolute atomic E-state index is 0.655. The van der Waals surface area contributed by atoms with E-state index in [0.717, 1.165) is 30.8 Å². The minimum Gasteiger partial charge on any atom is -0.493 e. The van der Waals surface area contributed by atoms with E-state index in [1.54, 1.807) is 0 Å². The molecule has 0 unspecified atom stereocenters. The summed E-state index contributed by atoms with van der Waals surface area (Å²) in [5, 5.41) is 0. The van der Waals surface area contributed by atoms with E-state index in [1.807, 2.05) is 0 Å². The molecule has 0 saturated carbocycles. The van der Waals surface area contributed by atoms with Crippen LogP contribution in [0.1, 0.15) is 31.4 Å². The van der Waals surface area contributed by atoms with Crippen molar-refractivity contribution in [3.63, 3.8) is 0 Å². The molecular weight excluding hydrogens is 404 g/mol. The second-order valence-corrected chi connectivity index (χ2v) is 8.42. The van der Waals surface area contributed by atoms with E-state index >= 15 is 0 Å². The van der Waals surface area contributed by atoms with Crippen LogP contribution in [0.4, 0.5) is 0 Å². The topological polar surface area (TPSA) is 18.5 Å². The lowest BCUT2D eigenvalue weighted by atomic mass is 9.84. The Labute approximate surface area is 196 Å². The van der Waals surface area contributed by atoms with Crippen molar-refractivity contribution in [3.05, 3.63) is 96.1 Å². The van der Waals surface area contributed by atoms with Crippen LogP contribution >= 0.6 is 0 Å². The predicted molar refractivity (Wildman–Crippen MR) is 137 cm³/mol. The zero-order chi connectivity index (χ0) is 22.6. The van der Waals surface area contributed by atoms with Crippen molar-refractivity contribution >= 4 is 0 Å². The average Bonchev–Trinajstić information content (AvgIpc) is 2.97. The molecule has 2 nitrogen and oxygen atoms in total. The first kappa shape index (κ1) is 21.3. The van der Waals surface area contributed by atoms with E-state index in [1.165, 1.54) is 44.5 Å². The van der Waals surface area contributed by atoms with Crippen LogP contribution in [0.3, 0.4) is 0 Å². The second-order valence-electron chi connectivity index (χ2n) is 8.42. The number of hydrogen-bond donors (Lipinski definition) is 0. The van der Waals surface area contributed by atoms with E-state index in [0.29, 0.717) is 13.2 Å². The summed E-state index contributed by atoms with van der Waals surface area (Å²) in [7, 11) is 0. The fourth-order valence-electron chi connectivity index (χ4n) is 4.98. The molecule has 4 aromatic rings. The van der Waals surface area contributed by atoms with Gasteiger partial charge in [-0.2, -0.15) is 0 Å². The van der Waals surface area contributed by atoms with Crippen molar-refractivity contribution in [1.82, 2.24) is 0 Å². The highest BCUT2D eigenvalue weighted by Crippen LogP contribution is 2.48. The molecule has 33 heavy (non-hydrogen) atoms. The lowest BCUT2D eigenvalue weighted by Gasteiger charge is -2.23. The van der Waals surface area contributed by atoms with Gasteiger partial charge < -0.3 is 9.47 Å². The Morgan fingerprint density at radius 3 is 1.36 bits per heavy atom. The largest absolute Gasteiger partial charge is 0.493 e. The monoisotopic (exact) mass is 434 g/mol. The highest BCUT2D eigenvalue weighted by Gasteiger charge is 2.24. The molecule has 0 fully saturated rings. The molecular formula is C31H30O2. The summed E-state index contributed by atoms with van der Waals surface area (Å²) >= 11 is 0. The Hall–Kier alpha value is -3.52. The van der Waals surface area contributed by atoms with Gasteiger partial charge in [0.2, 0.25) is 0 Å². The lowest BCUT2D eigenvalue weighted by Crippen LogP contribution is -2.03. The van der Waals surface area contributed by atoms with Crippen LogP contribution in [0.15, 0.2) is 84.9 Å². The Bertz CT molecular complexity index is 1140. The molecule has 0 radical (unpaired) electrons. The van der Waals surface area contributed by atoms with Crippen LogP contribution in [0.5, 0.6) is 11.5 Å². The number of fused-ring (bicyclic) bond motifs is 3. The highest BCUT2D eigenvalue weighted by atomic mass is 16.5. The van der Waals surface area contributed by atoms with Crippen LogP contribution in [0.25, 0.3) is 33.4 Å². The van der Waals surface area contributed by atoms with Gasteiger partial charge in [-0.05, 0) is 58.4 Å². The number of ether oxygens (including phenoxy) is 2. The van der Waals surface area contributed by atoms with Gasteiger partial charge in [-0.3, -0.25) is 0 Å². The molecule has 0 bridgehead atoms. The SMILES string of the molecule is CCc1c(-c2ccccc2)ccc2c1-c1c(ccc(-c3ccccc3)c1CC)OCCCO2. The standard InChI is InChI=1S/C31H30O2/c1-3-24-26(22-12-7-5-8-13-22)16-18-28-30(24)31-25(4-2)27(23-14-9-6-10-15-23)17-19-29(31)33-21-11-20-32-28/h5-10,12-19H,3-4,11,20-21H2,1-2H3. The van der Waals surface area contributed by atoms with Gasteiger partial charge in [-0.15, -0.1) is 0 Å². The van der Waals surface area contributed by atoms with E-state index in [2.05, 4.69) is 98.8 Å². The van der Waals surface area contributed by atoms with Crippen molar-refractivity contribution < 1.29 is 9.47 Å². The molecule has 1 aliphatic heterocycles. The van der Waals surface area contributed by atoms with Gasteiger partial charge in [0.1, 0.15) is 11.5 Å². The molecule has 0 amide bonds. The van der Waals surface area contributed by atoms with Gasteiger partial charge in [0.25, 0.3) is 0 Å². The zero-order valence-electron chi connectivity index (χ0n) is 19.4. The Kier molecular flexibility index (Phi) is 6.17. The van der Waals surface area contributed by atoms with E-state index in [4.69, 9.17) is 9.47 Å². The lowest BCUT2D eigenvalue weighted by molar-refractivity contribution is 0.252. The molecule has 4 aromatic carbocycles. The third-order valence-corrected chi connectivity index (χ3v) is 6.48. The fourth-order valence-corrected chi connectivity index (χ4v) is 4.98. The summed E-state index contributed by atoms with van der Waals surface area (Å²) in [4.78, 5) is 0. The van der Waals surface area contributed by atoms with Crippen molar-refractivity contribution in [2.75, 3.05) is 13.2 Å². The van der Waals surface area contributed by atoms with Crippen molar-refractivity contribution in [1.29, 1.82) is 0 Å². The maximum Gasteiger partial charge on any atom is 0.127 e. The van der Waals surface area contributed by atoms with Crippen LogP contribution < -0.4 is 9.47 Å². The summed E-state index contributed by atoms with van der Waals surface area (Å²) in [5.74, 6) is 1.91. The summed E-state index contributed by atoms with van der Waals surface area (Å²) < 4.78 is 12.7. The summed E-state index contributed by atoms with van der Waals surface area (Å²) in [5.41, 5.74) is 9.98. The van der Waals surface area contributed by atoms with Gasteiger partial charge in [0.15, 0.2) is 0 Å². The Morgan fingerprint density at radius 2 is 0.970 bits per heavy atom. The molecule has 2 heteroatoms. The third kappa shape index (κ3) is 4.02. The molecule has 1 aliphatic rings.